The number of aromatic nitrogens is 1. The number of oxime groups is 1. The standard InChI is InChI=1S/C12H16N4O2/c13-10(12(17)16-7-1-2-8-16)11(15-18)9-3-5-14-6-4-9/h3-6,10,18H,1-2,7-8,13H2. The number of carbonyl (C=O) groups excluding carboxylic acids is 1. The summed E-state index contributed by atoms with van der Waals surface area (Å²) in [6.45, 7) is 1.45. The van der Waals surface area contributed by atoms with Gasteiger partial charge in [-0.05, 0) is 25.0 Å². The van der Waals surface area contributed by atoms with Crippen LogP contribution in [-0.4, -0.2) is 45.8 Å². The van der Waals surface area contributed by atoms with Gasteiger partial charge in [0, 0.05) is 31.0 Å². The lowest BCUT2D eigenvalue weighted by atomic mass is 10.0. The number of carbonyl (C=O) groups is 1. The van der Waals surface area contributed by atoms with Gasteiger partial charge in [-0.1, -0.05) is 5.16 Å². The highest BCUT2D eigenvalue weighted by Crippen LogP contribution is 2.11. The molecule has 6 heteroatoms. The molecule has 0 spiro atoms. The predicted octanol–water partition coefficient (Wildman–Crippen LogP) is 0.210. The lowest BCUT2D eigenvalue weighted by Gasteiger charge is -2.20. The van der Waals surface area contributed by atoms with E-state index >= 15 is 0 Å². The zero-order chi connectivity index (χ0) is 13.0. The number of nitrogens with zero attached hydrogens (tertiary/aromatic N) is 3. The van der Waals surface area contributed by atoms with E-state index in [0.717, 1.165) is 25.9 Å². The summed E-state index contributed by atoms with van der Waals surface area (Å²) in [6.07, 6.45) is 5.12. The van der Waals surface area contributed by atoms with E-state index in [1.807, 2.05) is 0 Å². The van der Waals surface area contributed by atoms with Gasteiger partial charge in [-0.3, -0.25) is 9.78 Å². The molecule has 0 bridgehead atoms. The number of nitrogens with two attached hydrogens (primary N) is 1. The molecule has 1 aliphatic rings. The van der Waals surface area contributed by atoms with Crippen LogP contribution in [0.25, 0.3) is 0 Å². The fraction of sp³-hybridized carbons (Fsp3) is 0.417. The zero-order valence-electron chi connectivity index (χ0n) is 9.99. The molecule has 2 heterocycles. The molecule has 2 rings (SSSR count). The van der Waals surface area contributed by atoms with Crippen molar-refractivity contribution in [2.75, 3.05) is 13.1 Å². The molecule has 1 aromatic heterocycles. The van der Waals surface area contributed by atoms with Crippen LogP contribution in [-0.2, 0) is 4.79 Å². The van der Waals surface area contributed by atoms with Crippen molar-refractivity contribution < 1.29 is 10.0 Å². The molecule has 1 unspecified atom stereocenters. The van der Waals surface area contributed by atoms with Gasteiger partial charge >= 0.3 is 0 Å². The van der Waals surface area contributed by atoms with E-state index < -0.39 is 6.04 Å². The smallest absolute Gasteiger partial charge is 0.245 e. The van der Waals surface area contributed by atoms with Crippen LogP contribution in [0.4, 0.5) is 0 Å². The Morgan fingerprint density at radius 1 is 1.39 bits per heavy atom. The largest absolute Gasteiger partial charge is 0.411 e. The van der Waals surface area contributed by atoms with E-state index in [9.17, 15) is 4.79 Å². The normalized spacial score (nSPS) is 17.8. The summed E-state index contributed by atoms with van der Waals surface area (Å²) >= 11 is 0. The first kappa shape index (κ1) is 12.5. The first-order valence-corrected chi connectivity index (χ1v) is 5.90. The maximum absolute atomic E-state index is 12.1. The van der Waals surface area contributed by atoms with Crippen molar-refractivity contribution in [3.05, 3.63) is 30.1 Å². The Morgan fingerprint density at radius 2 is 2.00 bits per heavy atom. The van der Waals surface area contributed by atoms with Crippen molar-refractivity contribution in [3.63, 3.8) is 0 Å². The third-order valence-electron chi connectivity index (χ3n) is 3.06. The van der Waals surface area contributed by atoms with E-state index in [4.69, 9.17) is 10.9 Å². The summed E-state index contributed by atoms with van der Waals surface area (Å²) in [5.41, 5.74) is 6.66. The summed E-state index contributed by atoms with van der Waals surface area (Å²) in [5, 5.41) is 12.2. The van der Waals surface area contributed by atoms with Crippen molar-refractivity contribution in [3.8, 4) is 0 Å². The molecule has 1 fully saturated rings. The van der Waals surface area contributed by atoms with Gasteiger partial charge < -0.3 is 15.8 Å². The van der Waals surface area contributed by atoms with Crippen molar-refractivity contribution >= 4 is 11.6 Å². The minimum absolute atomic E-state index is 0.175. The van der Waals surface area contributed by atoms with Crippen LogP contribution in [0.5, 0.6) is 0 Å². The summed E-state index contributed by atoms with van der Waals surface area (Å²) < 4.78 is 0. The van der Waals surface area contributed by atoms with Gasteiger partial charge in [-0.15, -0.1) is 0 Å². The van der Waals surface area contributed by atoms with Crippen LogP contribution in [0.3, 0.4) is 0 Å². The Hall–Kier alpha value is -1.95. The van der Waals surface area contributed by atoms with Crippen LogP contribution < -0.4 is 5.73 Å². The van der Waals surface area contributed by atoms with Crippen molar-refractivity contribution in [1.82, 2.24) is 9.88 Å². The molecule has 96 valence electrons. The first-order valence-electron chi connectivity index (χ1n) is 5.90. The van der Waals surface area contributed by atoms with Crippen LogP contribution in [0, 0.1) is 0 Å². The first-order chi connectivity index (χ1) is 8.74. The molecule has 0 aliphatic carbocycles. The van der Waals surface area contributed by atoms with Crippen molar-refractivity contribution in [1.29, 1.82) is 0 Å². The monoisotopic (exact) mass is 248 g/mol. The van der Waals surface area contributed by atoms with Crippen LogP contribution in [0.2, 0.25) is 0 Å². The van der Waals surface area contributed by atoms with E-state index in [2.05, 4.69) is 10.1 Å². The number of amides is 1. The SMILES string of the molecule is NC(C(=O)N1CCCC1)C(=NO)c1ccncc1. The number of hydrogen-bond acceptors (Lipinski definition) is 5. The fourth-order valence-corrected chi connectivity index (χ4v) is 2.07. The molecule has 3 N–H and O–H groups in total. The van der Waals surface area contributed by atoms with Crippen LogP contribution >= 0.6 is 0 Å². The molecule has 1 aliphatic heterocycles. The summed E-state index contributed by atoms with van der Waals surface area (Å²) in [5.74, 6) is -0.197. The van der Waals surface area contributed by atoms with Crippen molar-refractivity contribution in [2.24, 2.45) is 10.9 Å². The van der Waals surface area contributed by atoms with Gasteiger partial charge in [0.2, 0.25) is 5.91 Å². The van der Waals surface area contributed by atoms with Gasteiger partial charge in [0.25, 0.3) is 0 Å². The molecular formula is C12H16N4O2. The van der Waals surface area contributed by atoms with E-state index in [1.165, 1.54) is 0 Å². The molecular weight excluding hydrogens is 232 g/mol. The molecule has 0 aromatic carbocycles. The minimum atomic E-state index is -0.935. The fourth-order valence-electron chi connectivity index (χ4n) is 2.07. The highest BCUT2D eigenvalue weighted by Gasteiger charge is 2.28. The lowest BCUT2D eigenvalue weighted by molar-refractivity contribution is -0.129. The molecule has 0 radical (unpaired) electrons. The second kappa shape index (κ2) is 5.59. The Bertz CT molecular complexity index is 441. The number of pyridine rings is 1. The van der Waals surface area contributed by atoms with Crippen LogP contribution in [0.15, 0.2) is 29.7 Å². The quantitative estimate of drug-likeness (QED) is 0.454. The highest BCUT2D eigenvalue weighted by molar-refractivity contribution is 6.15. The minimum Gasteiger partial charge on any atom is -0.411 e. The van der Waals surface area contributed by atoms with E-state index in [0.29, 0.717) is 5.56 Å². The maximum atomic E-state index is 12.1. The van der Waals surface area contributed by atoms with E-state index in [-0.39, 0.29) is 11.6 Å². The number of hydrogen-bond donors (Lipinski definition) is 2. The zero-order valence-corrected chi connectivity index (χ0v) is 9.99. The van der Waals surface area contributed by atoms with Gasteiger partial charge in [-0.2, -0.15) is 0 Å². The second-order valence-corrected chi connectivity index (χ2v) is 4.23. The molecule has 1 atom stereocenters. The van der Waals surface area contributed by atoms with Gasteiger partial charge in [0.05, 0.1) is 0 Å². The van der Waals surface area contributed by atoms with E-state index in [1.54, 1.807) is 29.4 Å². The topological polar surface area (TPSA) is 91.8 Å². The van der Waals surface area contributed by atoms with Gasteiger partial charge in [0.15, 0.2) is 0 Å². The lowest BCUT2D eigenvalue weighted by Crippen LogP contribution is -2.47. The molecule has 18 heavy (non-hydrogen) atoms. The Labute approximate surface area is 105 Å². The van der Waals surface area contributed by atoms with Crippen LogP contribution in [0.1, 0.15) is 18.4 Å². The third-order valence-corrected chi connectivity index (χ3v) is 3.06. The third kappa shape index (κ3) is 2.48. The number of rotatable bonds is 3. The summed E-state index contributed by atoms with van der Waals surface area (Å²) in [7, 11) is 0. The molecule has 1 saturated heterocycles. The second-order valence-electron chi connectivity index (χ2n) is 4.23. The van der Waals surface area contributed by atoms with Crippen molar-refractivity contribution in [2.45, 2.75) is 18.9 Å². The Morgan fingerprint density at radius 3 is 2.56 bits per heavy atom. The molecule has 0 saturated carbocycles. The number of likely N-dealkylation sites (tertiary alicyclic amines) is 1. The van der Waals surface area contributed by atoms with Gasteiger partial charge in [-0.25, -0.2) is 0 Å². The summed E-state index contributed by atoms with van der Waals surface area (Å²) in [6, 6.07) is 2.38. The van der Waals surface area contributed by atoms with Gasteiger partial charge in [0.1, 0.15) is 11.8 Å². The average Bonchev–Trinajstić information content (AvgIpc) is 2.94. The average molecular weight is 248 g/mol. The Kier molecular flexibility index (Phi) is 3.88. The summed E-state index contributed by atoms with van der Waals surface area (Å²) in [4.78, 5) is 17.7. The maximum Gasteiger partial charge on any atom is 0.245 e. The Balaban J connectivity index is 2.16. The molecule has 1 amide bonds. The molecule has 6 nitrogen and oxygen atoms in total. The molecule has 1 aromatic rings. The highest BCUT2D eigenvalue weighted by atomic mass is 16.4. The predicted molar refractivity (Wildman–Crippen MR) is 66.3 cm³/mol.